The van der Waals surface area contributed by atoms with Crippen LogP contribution >= 0.6 is 0 Å². The SMILES string of the molecule is CC(C)n1[nH]c(=O)c2c1NC(=O)C[C@]21C(=O)N(C)c2ccc(F)cc21. The summed E-state index contributed by atoms with van der Waals surface area (Å²) >= 11 is 0. The van der Waals surface area contributed by atoms with Gasteiger partial charge in [0.25, 0.3) is 5.56 Å². The van der Waals surface area contributed by atoms with E-state index in [0.717, 1.165) is 0 Å². The molecule has 1 aromatic carbocycles. The van der Waals surface area contributed by atoms with Crippen LogP contribution < -0.4 is 15.8 Å². The van der Waals surface area contributed by atoms with Gasteiger partial charge in [-0.2, -0.15) is 0 Å². The average molecular weight is 344 g/mol. The fraction of sp³-hybridized carbons (Fsp3) is 0.353. The second kappa shape index (κ2) is 4.81. The van der Waals surface area contributed by atoms with E-state index in [-0.39, 0.29) is 29.8 Å². The van der Waals surface area contributed by atoms with E-state index < -0.39 is 22.7 Å². The molecule has 1 atom stereocenters. The van der Waals surface area contributed by atoms with Gasteiger partial charge in [0.05, 0.1) is 12.0 Å². The van der Waals surface area contributed by atoms with Gasteiger partial charge < -0.3 is 10.2 Å². The molecule has 2 aliphatic heterocycles. The number of benzene rings is 1. The summed E-state index contributed by atoms with van der Waals surface area (Å²) in [5, 5.41) is 5.38. The van der Waals surface area contributed by atoms with Gasteiger partial charge in [-0.3, -0.25) is 24.2 Å². The lowest BCUT2D eigenvalue weighted by molar-refractivity contribution is -0.126. The highest BCUT2D eigenvalue weighted by Crippen LogP contribution is 2.50. The summed E-state index contributed by atoms with van der Waals surface area (Å²) in [5.74, 6) is -1.04. The number of rotatable bonds is 1. The Kier molecular flexibility index (Phi) is 3.00. The van der Waals surface area contributed by atoms with Crippen LogP contribution in [0.25, 0.3) is 0 Å². The molecule has 3 heterocycles. The van der Waals surface area contributed by atoms with E-state index in [1.54, 1.807) is 7.05 Å². The van der Waals surface area contributed by atoms with Crippen LogP contribution in [0.1, 0.15) is 37.4 Å². The van der Waals surface area contributed by atoms with E-state index in [0.29, 0.717) is 11.3 Å². The van der Waals surface area contributed by atoms with Crippen molar-refractivity contribution in [3.8, 4) is 0 Å². The molecule has 130 valence electrons. The zero-order valence-electron chi connectivity index (χ0n) is 14.0. The van der Waals surface area contributed by atoms with Gasteiger partial charge in [0, 0.05) is 18.8 Å². The third kappa shape index (κ3) is 1.82. The second-order valence-electron chi connectivity index (χ2n) is 6.78. The molecule has 0 unspecified atom stereocenters. The molecule has 2 aliphatic rings. The Morgan fingerprint density at radius 3 is 2.64 bits per heavy atom. The van der Waals surface area contributed by atoms with Crippen LogP contribution in [0.5, 0.6) is 0 Å². The summed E-state index contributed by atoms with van der Waals surface area (Å²) in [7, 11) is 1.56. The largest absolute Gasteiger partial charge is 0.314 e. The Bertz CT molecular complexity index is 990. The van der Waals surface area contributed by atoms with Crippen LogP contribution in [-0.4, -0.2) is 28.6 Å². The van der Waals surface area contributed by atoms with Crippen molar-refractivity contribution in [1.82, 2.24) is 9.78 Å². The average Bonchev–Trinajstić information content (AvgIpc) is 2.97. The highest BCUT2D eigenvalue weighted by molar-refractivity contribution is 6.15. The first-order valence-electron chi connectivity index (χ1n) is 8.00. The van der Waals surface area contributed by atoms with Gasteiger partial charge in [-0.25, -0.2) is 4.39 Å². The van der Waals surface area contributed by atoms with Gasteiger partial charge in [-0.1, -0.05) is 0 Å². The molecule has 4 rings (SSSR count). The van der Waals surface area contributed by atoms with Crippen LogP contribution in [0, 0.1) is 5.82 Å². The summed E-state index contributed by atoms with van der Waals surface area (Å²) in [6, 6.07) is 3.87. The van der Waals surface area contributed by atoms with E-state index in [1.165, 1.54) is 27.8 Å². The highest BCUT2D eigenvalue weighted by Gasteiger charge is 2.57. The molecule has 0 saturated heterocycles. The number of aromatic amines is 1. The van der Waals surface area contributed by atoms with E-state index in [2.05, 4.69) is 10.4 Å². The number of fused-ring (bicyclic) bond motifs is 4. The van der Waals surface area contributed by atoms with Crippen LogP contribution in [-0.2, 0) is 15.0 Å². The first kappa shape index (κ1) is 15.6. The van der Waals surface area contributed by atoms with E-state index in [9.17, 15) is 18.8 Å². The molecule has 8 heteroatoms. The standard InChI is InChI=1S/C17H17FN4O3/c1-8(2)22-14-13(15(24)20-22)17(7-12(23)19-14)10-6-9(18)4-5-11(10)21(3)16(17)25/h4-6,8H,7H2,1-3H3,(H,19,23)(H,20,24)/t17-/m1/s1. The molecule has 7 nitrogen and oxygen atoms in total. The Morgan fingerprint density at radius 1 is 1.24 bits per heavy atom. The minimum atomic E-state index is -1.50. The number of aromatic nitrogens is 2. The molecule has 0 aliphatic carbocycles. The van der Waals surface area contributed by atoms with Crippen LogP contribution in [0.15, 0.2) is 23.0 Å². The van der Waals surface area contributed by atoms with Crippen molar-refractivity contribution in [1.29, 1.82) is 0 Å². The Hall–Kier alpha value is -2.90. The minimum Gasteiger partial charge on any atom is -0.314 e. The number of nitrogens with one attached hydrogen (secondary N) is 2. The maximum atomic E-state index is 13.9. The molecule has 1 aromatic heterocycles. The third-order valence-corrected chi connectivity index (χ3v) is 5.00. The molecule has 0 fully saturated rings. The molecular formula is C17H17FN4O3. The van der Waals surface area contributed by atoms with Crippen molar-refractivity contribution < 1.29 is 14.0 Å². The predicted octanol–water partition coefficient (Wildman–Crippen LogP) is 1.50. The van der Waals surface area contributed by atoms with E-state index in [1.807, 2.05) is 13.8 Å². The fourth-order valence-corrected chi connectivity index (χ4v) is 3.93. The minimum absolute atomic E-state index is 0.131. The monoisotopic (exact) mass is 344 g/mol. The number of carbonyl (C=O) groups is 2. The summed E-state index contributed by atoms with van der Waals surface area (Å²) in [6.07, 6.45) is -0.231. The number of likely N-dealkylation sites (N-methyl/N-ethyl adjacent to an activating group) is 1. The predicted molar refractivity (Wildman–Crippen MR) is 89.3 cm³/mol. The molecule has 25 heavy (non-hydrogen) atoms. The summed E-state index contributed by atoms with van der Waals surface area (Å²) in [6.45, 7) is 3.69. The zero-order valence-corrected chi connectivity index (χ0v) is 14.0. The van der Waals surface area contributed by atoms with Crippen molar-refractivity contribution in [2.75, 3.05) is 17.3 Å². The number of amides is 2. The first-order valence-corrected chi connectivity index (χ1v) is 8.00. The maximum absolute atomic E-state index is 13.9. The third-order valence-electron chi connectivity index (χ3n) is 5.00. The van der Waals surface area contributed by atoms with Gasteiger partial charge >= 0.3 is 0 Å². The highest BCUT2D eigenvalue weighted by atomic mass is 19.1. The molecule has 0 radical (unpaired) electrons. The molecular weight excluding hydrogens is 327 g/mol. The molecule has 2 N–H and O–H groups in total. The van der Waals surface area contributed by atoms with Crippen LogP contribution in [0.2, 0.25) is 0 Å². The second-order valence-corrected chi connectivity index (χ2v) is 6.78. The van der Waals surface area contributed by atoms with Crippen molar-refractivity contribution in [3.05, 3.63) is 45.5 Å². The van der Waals surface area contributed by atoms with Crippen molar-refractivity contribution in [2.45, 2.75) is 31.7 Å². The normalized spacial score (nSPS) is 21.7. The summed E-state index contributed by atoms with van der Waals surface area (Å²) in [5.41, 5.74) is -0.936. The van der Waals surface area contributed by atoms with Crippen LogP contribution in [0.3, 0.4) is 0 Å². The lowest BCUT2D eigenvalue weighted by atomic mass is 9.71. The van der Waals surface area contributed by atoms with Gasteiger partial charge in [0.1, 0.15) is 17.1 Å². The van der Waals surface area contributed by atoms with Crippen molar-refractivity contribution >= 4 is 23.3 Å². The number of carbonyl (C=O) groups excluding carboxylic acids is 2. The van der Waals surface area contributed by atoms with Gasteiger partial charge in [0.2, 0.25) is 11.8 Å². The quantitative estimate of drug-likeness (QED) is 0.822. The molecule has 1 spiro atoms. The van der Waals surface area contributed by atoms with E-state index in [4.69, 9.17) is 0 Å². The topological polar surface area (TPSA) is 87.2 Å². The first-order chi connectivity index (χ1) is 11.8. The van der Waals surface area contributed by atoms with Crippen molar-refractivity contribution in [3.63, 3.8) is 0 Å². The summed E-state index contributed by atoms with van der Waals surface area (Å²) in [4.78, 5) is 39.7. The molecule has 2 aromatic rings. The molecule has 0 saturated carbocycles. The van der Waals surface area contributed by atoms with Gasteiger partial charge in [-0.05, 0) is 37.6 Å². The smallest absolute Gasteiger partial charge is 0.270 e. The Labute approximate surface area is 142 Å². The molecule has 2 amide bonds. The van der Waals surface area contributed by atoms with Crippen molar-refractivity contribution in [2.24, 2.45) is 0 Å². The molecule has 0 bridgehead atoms. The number of anilines is 2. The number of nitrogens with zero attached hydrogens (tertiary/aromatic N) is 2. The number of hydrogen-bond acceptors (Lipinski definition) is 3. The van der Waals surface area contributed by atoms with Gasteiger partial charge in [-0.15, -0.1) is 0 Å². The lowest BCUT2D eigenvalue weighted by Crippen LogP contribution is -2.47. The maximum Gasteiger partial charge on any atom is 0.270 e. The number of hydrogen-bond donors (Lipinski definition) is 2. The number of H-pyrrole nitrogens is 1. The number of halogens is 1. The fourth-order valence-electron chi connectivity index (χ4n) is 3.93. The lowest BCUT2D eigenvalue weighted by Gasteiger charge is -2.32. The Balaban J connectivity index is 2.12. The van der Waals surface area contributed by atoms with E-state index >= 15 is 0 Å². The Morgan fingerprint density at radius 2 is 1.96 bits per heavy atom. The zero-order chi connectivity index (χ0) is 18.1. The van der Waals surface area contributed by atoms with Crippen LogP contribution in [0.4, 0.5) is 15.9 Å². The summed E-state index contributed by atoms with van der Waals surface area (Å²) < 4.78 is 15.5. The van der Waals surface area contributed by atoms with Gasteiger partial charge in [0.15, 0.2) is 0 Å².